The summed E-state index contributed by atoms with van der Waals surface area (Å²) in [7, 11) is 0. The third kappa shape index (κ3) is 3.95. The zero-order valence-corrected chi connectivity index (χ0v) is 14.7. The minimum atomic E-state index is -1.19. The van der Waals surface area contributed by atoms with Gasteiger partial charge in [-0.25, -0.2) is 8.78 Å². The van der Waals surface area contributed by atoms with Gasteiger partial charge >= 0.3 is 0 Å². The number of halogens is 4. The minimum Gasteiger partial charge on any atom is -0.324 e. The number of anilines is 1. The van der Waals surface area contributed by atoms with E-state index in [1.165, 1.54) is 6.07 Å². The summed E-state index contributed by atoms with van der Waals surface area (Å²) >= 11 is 12.0. The zero-order valence-electron chi connectivity index (χ0n) is 12.3. The fourth-order valence-corrected chi connectivity index (χ4v) is 3.07. The first-order chi connectivity index (χ1) is 12.0. The van der Waals surface area contributed by atoms with Crippen LogP contribution < -0.4 is 5.32 Å². The number of nitrogens with zero attached hydrogens (tertiary/aromatic N) is 2. The Balaban J connectivity index is 1.92. The van der Waals surface area contributed by atoms with Gasteiger partial charge in [0, 0.05) is 11.3 Å². The van der Waals surface area contributed by atoms with Crippen LogP contribution in [0.25, 0.3) is 21.1 Å². The van der Waals surface area contributed by atoms with Crippen molar-refractivity contribution in [2.24, 2.45) is 0 Å². The lowest BCUT2D eigenvalue weighted by atomic mass is 10.2. The predicted molar refractivity (Wildman–Crippen MR) is 94.8 cm³/mol. The van der Waals surface area contributed by atoms with Gasteiger partial charge in [-0.05, 0) is 24.3 Å². The summed E-state index contributed by atoms with van der Waals surface area (Å²) in [5.41, 5.74) is 0.865. The Labute approximate surface area is 155 Å². The predicted octanol–water partition coefficient (Wildman–Crippen LogP) is 4.89. The molecule has 1 N–H and O–H groups in total. The Hall–Kier alpha value is -2.09. The molecule has 0 aliphatic heterocycles. The number of carbonyl (C=O) groups is 1. The second kappa shape index (κ2) is 7.43. The van der Waals surface area contributed by atoms with Gasteiger partial charge in [0.05, 0.1) is 5.56 Å². The molecule has 0 aliphatic rings. The molecule has 25 heavy (non-hydrogen) atoms. The summed E-state index contributed by atoms with van der Waals surface area (Å²) < 4.78 is 27.7. The lowest BCUT2D eigenvalue weighted by Crippen LogP contribution is -2.18. The van der Waals surface area contributed by atoms with Crippen LogP contribution in [0.2, 0.25) is 0 Å². The van der Waals surface area contributed by atoms with Crippen LogP contribution in [-0.2, 0) is 4.79 Å². The van der Waals surface area contributed by atoms with E-state index in [4.69, 9.17) is 23.2 Å². The van der Waals surface area contributed by atoms with Crippen LogP contribution >= 0.6 is 34.5 Å². The lowest BCUT2D eigenvalue weighted by molar-refractivity contribution is -0.114. The highest BCUT2D eigenvalue weighted by Crippen LogP contribution is 2.33. The van der Waals surface area contributed by atoms with E-state index in [9.17, 15) is 13.6 Å². The fourth-order valence-electron chi connectivity index (χ4n) is 2.07. The number of hydrogen-bond donors (Lipinski definition) is 1. The minimum absolute atomic E-state index is 0.126. The van der Waals surface area contributed by atoms with Gasteiger partial charge in [0.25, 0.3) is 5.91 Å². The summed E-state index contributed by atoms with van der Waals surface area (Å²) in [6.45, 7) is 0. The van der Waals surface area contributed by atoms with E-state index in [0.29, 0.717) is 16.3 Å². The van der Waals surface area contributed by atoms with Gasteiger partial charge in [0.2, 0.25) is 0 Å². The number of nitrogens with one attached hydrogen (secondary N) is 1. The van der Waals surface area contributed by atoms with Crippen LogP contribution in [0.15, 0.2) is 42.5 Å². The molecule has 4 nitrogen and oxygen atoms in total. The molecule has 0 radical (unpaired) electrons. The van der Waals surface area contributed by atoms with Crippen molar-refractivity contribution in [3.8, 4) is 21.1 Å². The number of benzene rings is 2. The van der Waals surface area contributed by atoms with Crippen molar-refractivity contribution in [2.45, 2.75) is 4.84 Å². The maximum absolute atomic E-state index is 13.9. The normalized spacial score (nSPS) is 10.9. The SMILES string of the molecule is O=C(Nc1cccc(-c2nnc(-c3c(F)cccc3F)s2)c1)C(Cl)Cl. The van der Waals surface area contributed by atoms with Crippen LogP contribution in [0.5, 0.6) is 0 Å². The molecule has 0 unspecified atom stereocenters. The van der Waals surface area contributed by atoms with Crippen molar-refractivity contribution in [1.82, 2.24) is 10.2 Å². The highest BCUT2D eigenvalue weighted by molar-refractivity contribution is 7.17. The first kappa shape index (κ1) is 17.7. The Morgan fingerprint density at radius 1 is 1.04 bits per heavy atom. The molecule has 0 saturated heterocycles. The van der Waals surface area contributed by atoms with E-state index in [2.05, 4.69) is 15.5 Å². The van der Waals surface area contributed by atoms with Crippen molar-refractivity contribution in [3.63, 3.8) is 0 Å². The van der Waals surface area contributed by atoms with Crippen LogP contribution in [0.3, 0.4) is 0 Å². The molecule has 2 aromatic carbocycles. The number of hydrogen-bond acceptors (Lipinski definition) is 4. The molecular weight excluding hydrogens is 391 g/mol. The van der Waals surface area contributed by atoms with Gasteiger partial charge in [-0.15, -0.1) is 10.2 Å². The van der Waals surface area contributed by atoms with Crippen molar-refractivity contribution in [1.29, 1.82) is 0 Å². The average Bonchev–Trinajstić information content (AvgIpc) is 3.04. The van der Waals surface area contributed by atoms with Crippen LogP contribution in [0.4, 0.5) is 14.5 Å². The molecule has 0 spiro atoms. The van der Waals surface area contributed by atoms with E-state index >= 15 is 0 Å². The number of amides is 1. The smallest absolute Gasteiger partial charge is 0.257 e. The first-order valence-corrected chi connectivity index (χ1v) is 8.62. The quantitative estimate of drug-likeness (QED) is 0.635. The van der Waals surface area contributed by atoms with Crippen LogP contribution in [0.1, 0.15) is 0 Å². The van der Waals surface area contributed by atoms with Crippen molar-refractivity contribution in [3.05, 3.63) is 54.1 Å². The topological polar surface area (TPSA) is 54.9 Å². The number of carbonyl (C=O) groups excluding carboxylic acids is 1. The van der Waals surface area contributed by atoms with Gasteiger partial charge in [0.15, 0.2) is 9.84 Å². The molecule has 0 atom stereocenters. The summed E-state index contributed by atoms with van der Waals surface area (Å²) in [5, 5.41) is 10.9. The first-order valence-electron chi connectivity index (χ1n) is 6.93. The monoisotopic (exact) mass is 399 g/mol. The van der Waals surface area contributed by atoms with Gasteiger partial charge in [-0.2, -0.15) is 0 Å². The number of rotatable bonds is 4. The molecular formula is C16H9Cl2F2N3OS. The Morgan fingerprint density at radius 3 is 2.36 bits per heavy atom. The highest BCUT2D eigenvalue weighted by Gasteiger charge is 2.17. The van der Waals surface area contributed by atoms with Gasteiger partial charge < -0.3 is 5.32 Å². The van der Waals surface area contributed by atoms with E-state index in [-0.39, 0.29) is 10.6 Å². The van der Waals surface area contributed by atoms with Gasteiger partial charge in [-0.1, -0.05) is 52.7 Å². The summed E-state index contributed by atoms with van der Waals surface area (Å²) in [5.74, 6) is -1.98. The maximum Gasteiger partial charge on any atom is 0.257 e. The molecule has 0 fully saturated rings. The summed E-state index contributed by atoms with van der Waals surface area (Å²) in [6, 6.07) is 10.3. The largest absolute Gasteiger partial charge is 0.324 e. The molecule has 3 aromatic rings. The molecule has 1 amide bonds. The van der Waals surface area contributed by atoms with Gasteiger partial charge in [0.1, 0.15) is 16.6 Å². The average molecular weight is 400 g/mol. The Bertz CT molecular complexity index is 913. The fraction of sp³-hybridized carbons (Fsp3) is 0.0625. The van der Waals surface area contributed by atoms with Crippen LogP contribution in [-0.4, -0.2) is 20.9 Å². The lowest BCUT2D eigenvalue weighted by Gasteiger charge is -2.06. The second-order valence-corrected chi connectivity index (χ2v) is 6.95. The van der Waals surface area contributed by atoms with Crippen molar-refractivity contribution >= 4 is 46.1 Å². The number of alkyl halides is 2. The highest BCUT2D eigenvalue weighted by atomic mass is 35.5. The van der Waals surface area contributed by atoms with E-state index in [1.807, 2.05) is 0 Å². The second-order valence-electron chi connectivity index (χ2n) is 4.88. The maximum atomic E-state index is 13.9. The molecule has 0 bridgehead atoms. The molecule has 0 saturated carbocycles. The molecule has 0 aliphatic carbocycles. The summed E-state index contributed by atoms with van der Waals surface area (Å²) in [4.78, 5) is 10.3. The van der Waals surface area contributed by atoms with Crippen molar-refractivity contribution in [2.75, 3.05) is 5.32 Å². The molecule has 9 heteroatoms. The standard InChI is InChI=1S/C16H9Cl2F2N3OS/c17-13(18)14(24)21-9-4-1-3-8(7-9)15-22-23-16(25-15)12-10(19)5-2-6-11(12)20/h1-7,13H,(H,21,24). The molecule has 1 aromatic heterocycles. The molecule has 3 rings (SSSR count). The van der Waals surface area contributed by atoms with Crippen molar-refractivity contribution < 1.29 is 13.6 Å². The Morgan fingerprint density at radius 2 is 1.68 bits per heavy atom. The third-order valence-corrected chi connectivity index (χ3v) is 4.56. The number of aromatic nitrogens is 2. The third-order valence-electron chi connectivity index (χ3n) is 3.18. The van der Waals surface area contributed by atoms with Gasteiger partial charge in [-0.3, -0.25) is 4.79 Å². The van der Waals surface area contributed by atoms with E-state index < -0.39 is 22.4 Å². The van der Waals surface area contributed by atoms with E-state index in [1.54, 1.807) is 24.3 Å². The summed E-state index contributed by atoms with van der Waals surface area (Å²) in [6.07, 6.45) is 0. The molecule has 128 valence electrons. The van der Waals surface area contributed by atoms with E-state index in [0.717, 1.165) is 23.5 Å². The Kier molecular flexibility index (Phi) is 5.27. The molecule has 1 heterocycles. The zero-order chi connectivity index (χ0) is 18.0. The van der Waals surface area contributed by atoms with Crippen LogP contribution in [0, 0.1) is 11.6 Å².